The second kappa shape index (κ2) is 12.5. The predicted molar refractivity (Wildman–Crippen MR) is 74.8 cm³/mol. The highest BCUT2D eigenvalue weighted by atomic mass is 32.1. The van der Waals surface area contributed by atoms with Crippen molar-refractivity contribution >= 4 is 29.2 Å². The third kappa shape index (κ3) is 10.7. The van der Waals surface area contributed by atoms with Gasteiger partial charge < -0.3 is 10.6 Å². The smallest absolute Gasteiger partial charge is 0.228 e. The molecule has 0 bridgehead atoms. The van der Waals surface area contributed by atoms with Crippen molar-refractivity contribution in [3.63, 3.8) is 0 Å². The fourth-order valence-corrected chi connectivity index (χ4v) is 0.891. The van der Waals surface area contributed by atoms with Crippen LogP contribution in [0.4, 0.5) is 5.95 Å². The van der Waals surface area contributed by atoms with Gasteiger partial charge in [0.15, 0.2) is 5.11 Å². The summed E-state index contributed by atoms with van der Waals surface area (Å²) in [6.07, 6.45) is 3.15. The lowest BCUT2D eigenvalue weighted by Gasteiger charge is -2.04. The van der Waals surface area contributed by atoms with E-state index in [1.54, 1.807) is 18.5 Å². The molecule has 0 fully saturated rings. The van der Waals surface area contributed by atoms with Gasteiger partial charge in [-0.3, -0.25) is 4.79 Å². The van der Waals surface area contributed by atoms with E-state index in [-0.39, 0.29) is 11.0 Å². The van der Waals surface area contributed by atoms with Crippen LogP contribution in [0.5, 0.6) is 0 Å². The second-order valence-electron chi connectivity index (χ2n) is 2.21. The first-order valence-electron chi connectivity index (χ1n) is 5.54. The summed E-state index contributed by atoms with van der Waals surface area (Å²) in [6.45, 7) is 9.37. The van der Waals surface area contributed by atoms with E-state index in [0.717, 1.165) is 0 Å². The Morgan fingerprint density at radius 1 is 1.18 bits per heavy atom. The molecule has 0 spiro atoms. The van der Waals surface area contributed by atoms with E-state index >= 15 is 0 Å². The molecule has 0 aliphatic carbocycles. The lowest BCUT2D eigenvalue weighted by atomic mass is 10.6. The van der Waals surface area contributed by atoms with E-state index in [1.807, 2.05) is 27.7 Å². The maximum Gasteiger partial charge on any atom is 0.228 e. The zero-order valence-electron chi connectivity index (χ0n) is 10.9. The highest BCUT2D eigenvalue weighted by Crippen LogP contribution is 1.92. The molecule has 1 heterocycles. The Hall–Kier alpha value is -1.56. The molecule has 0 aliphatic rings. The molecule has 0 aliphatic heterocycles. The van der Waals surface area contributed by atoms with E-state index < -0.39 is 0 Å². The summed E-state index contributed by atoms with van der Waals surface area (Å²) in [6, 6.07) is 1.69. The zero-order chi connectivity index (χ0) is 13.7. The van der Waals surface area contributed by atoms with Gasteiger partial charge in [0, 0.05) is 19.3 Å². The summed E-state index contributed by atoms with van der Waals surface area (Å²) in [5, 5.41) is 5.24. The number of anilines is 1. The SMILES string of the molecule is CC.CC.CC(=O)NC(=S)Nc1ncccn1. The molecular weight excluding hydrogens is 236 g/mol. The fraction of sp³-hybridized carbons (Fsp3) is 0.455. The maximum absolute atomic E-state index is 10.6. The minimum Gasteiger partial charge on any atom is -0.303 e. The summed E-state index contributed by atoms with van der Waals surface area (Å²) >= 11 is 4.79. The van der Waals surface area contributed by atoms with Crippen LogP contribution in [0.25, 0.3) is 0 Å². The third-order valence-electron chi connectivity index (χ3n) is 1.08. The number of aromatic nitrogens is 2. The summed E-state index contributed by atoms with van der Waals surface area (Å²) < 4.78 is 0. The first-order valence-corrected chi connectivity index (χ1v) is 5.95. The van der Waals surface area contributed by atoms with Gasteiger partial charge in [-0.05, 0) is 18.3 Å². The molecule has 0 atom stereocenters. The molecule has 2 N–H and O–H groups in total. The Morgan fingerprint density at radius 3 is 2.06 bits per heavy atom. The first-order chi connectivity index (χ1) is 8.18. The van der Waals surface area contributed by atoms with Crippen LogP contribution in [0.3, 0.4) is 0 Å². The first kappa shape index (κ1) is 17.8. The van der Waals surface area contributed by atoms with E-state index in [0.29, 0.717) is 5.95 Å². The van der Waals surface area contributed by atoms with Crippen molar-refractivity contribution in [3.8, 4) is 0 Å². The maximum atomic E-state index is 10.6. The number of thiocarbonyl (C=S) groups is 1. The number of hydrogen-bond donors (Lipinski definition) is 2. The third-order valence-corrected chi connectivity index (χ3v) is 1.28. The van der Waals surface area contributed by atoms with Gasteiger partial charge in [-0.15, -0.1) is 0 Å². The summed E-state index contributed by atoms with van der Waals surface area (Å²) in [4.78, 5) is 18.3. The Kier molecular flexibility index (Phi) is 13.1. The average molecular weight is 256 g/mol. The van der Waals surface area contributed by atoms with Crippen molar-refractivity contribution in [2.75, 3.05) is 5.32 Å². The molecule has 0 saturated carbocycles. The topological polar surface area (TPSA) is 66.9 Å². The zero-order valence-corrected chi connectivity index (χ0v) is 11.8. The molecule has 6 heteroatoms. The molecule has 17 heavy (non-hydrogen) atoms. The van der Waals surface area contributed by atoms with Crippen LogP contribution in [-0.4, -0.2) is 21.0 Å². The Bertz CT molecular complexity index is 317. The molecule has 0 unspecified atom stereocenters. The molecule has 0 aromatic carbocycles. The van der Waals surface area contributed by atoms with E-state index in [9.17, 15) is 4.79 Å². The number of nitrogens with zero attached hydrogens (tertiary/aromatic N) is 2. The minimum atomic E-state index is -0.228. The van der Waals surface area contributed by atoms with Gasteiger partial charge in [0.25, 0.3) is 0 Å². The normalized spacial score (nSPS) is 7.59. The van der Waals surface area contributed by atoms with Crippen LogP contribution in [-0.2, 0) is 4.79 Å². The molecular formula is C11H20N4OS. The molecule has 5 nitrogen and oxygen atoms in total. The molecule has 1 aromatic heterocycles. The summed E-state index contributed by atoms with van der Waals surface area (Å²) in [5.74, 6) is 0.134. The summed E-state index contributed by atoms with van der Waals surface area (Å²) in [5.41, 5.74) is 0. The van der Waals surface area contributed by atoms with Crippen molar-refractivity contribution in [2.45, 2.75) is 34.6 Å². The van der Waals surface area contributed by atoms with Gasteiger partial charge in [0.2, 0.25) is 11.9 Å². The monoisotopic (exact) mass is 256 g/mol. The van der Waals surface area contributed by atoms with Crippen molar-refractivity contribution in [3.05, 3.63) is 18.5 Å². The number of hydrogen-bond acceptors (Lipinski definition) is 4. The van der Waals surface area contributed by atoms with Gasteiger partial charge in [-0.25, -0.2) is 9.97 Å². The second-order valence-corrected chi connectivity index (χ2v) is 2.62. The van der Waals surface area contributed by atoms with Crippen LogP contribution >= 0.6 is 12.2 Å². The van der Waals surface area contributed by atoms with Crippen molar-refractivity contribution in [1.29, 1.82) is 0 Å². The number of amides is 1. The average Bonchev–Trinajstić information content (AvgIpc) is 2.34. The number of carbonyl (C=O) groups excluding carboxylic acids is 1. The van der Waals surface area contributed by atoms with E-state index in [2.05, 4.69) is 20.6 Å². The van der Waals surface area contributed by atoms with Crippen LogP contribution in [0.15, 0.2) is 18.5 Å². The van der Waals surface area contributed by atoms with Gasteiger partial charge in [-0.2, -0.15) is 0 Å². The fourth-order valence-electron chi connectivity index (χ4n) is 0.656. The lowest BCUT2D eigenvalue weighted by Crippen LogP contribution is -2.32. The minimum absolute atomic E-state index is 0.193. The molecule has 1 rings (SSSR count). The lowest BCUT2D eigenvalue weighted by molar-refractivity contribution is -0.117. The molecule has 1 aromatic rings. The van der Waals surface area contributed by atoms with Crippen LogP contribution in [0.1, 0.15) is 34.6 Å². The molecule has 0 radical (unpaired) electrons. The highest BCUT2D eigenvalue weighted by molar-refractivity contribution is 7.80. The number of nitrogens with one attached hydrogen (secondary N) is 2. The van der Waals surface area contributed by atoms with Gasteiger partial charge in [-0.1, -0.05) is 27.7 Å². The van der Waals surface area contributed by atoms with Crippen LogP contribution < -0.4 is 10.6 Å². The van der Waals surface area contributed by atoms with Crippen molar-refractivity contribution < 1.29 is 4.79 Å². The molecule has 0 saturated heterocycles. The number of rotatable bonds is 1. The van der Waals surface area contributed by atoms with Crippen molar-refractivity contribution in [1.82, 2.24) is 15.3 Å². The van der Waals surface area contributed by atoms with Gasteiger partial charge in [0.1, 0.15) is 0 Å². The standard InChI is InChI=1S/C7H8N4OS.2C2H6/c1-5(12)10-7(13)11-6-8-3-2-4-9-6;2*1-2/h2-4H,1H3,(H2,8,9,10,11,12,13);2*1-2H3. The van der Waals surface area contributed by atoms with Crippen LogP contribution in [0.2, 0.25) is 0 Å². The number of carbonyl (C=O) groups is 1. The van der Waals surface area contributed by atoms with E-state index in [4.69, 9.17) is 12.2 Å². The Labute approximate surface area is 108 Å². The molecule has 96 valence electrons. The van der Waals surface area contributed by atoms with E-state index in [1.165, 1.54) is 6.92 Å². The highest BCUT2D eigenvalue weighted by Gasteiger charge is 1.99. The van der Waals surface area contributed by atoms with Crippen LogP contribution in [0, 0.1) is 0 Å². The van der Waals surface area contributed by atoms with Gasteiger partial charge >= 0.3 is 0 Å². The van der Waals surface area contributed by atoms with Gasteiger partial charge in [0.05, 0.1) is 0 Å². The Morgan fingerprint density at radius 2 is 1.65 bits per heavy atom. The largest absolute Gasteiger partial charge is 0.303 e. The van der Waals surface area contributed by atoms with Crippen molar-refractivity contribution in [2.24, 2.45) is 0 Å². The Balaban J connectivity index is 0. The quantitative estimate of drug-likeness (QED) is 0.755. The predicted octanol–water partition coefficient (Wildman–Crippen LogP) is 2.36. The summed E-state index contributed by atoms with van der Waals surface area (Å²) in [7, 11) is 0. The molecule has 1 amide bonds.